The lowest BCUT2D eigenvalue weighted by molar-refractivity contribution is 0.195. The number of hydrazine groups is 1. The SMILES string of the molecule is CC1(C)CCCC1C(Cc1cccc(F)c1F)NN. The lowest BCUT2D eigenvalue weighted by atomic mass is 9.76. The first kappa shape index (κ1) is 14.4. The monoisotopic (exact) mass is 268 g/mol. The average molecular weight is 268 g/mol. The van der Waals surface area contributed by atoms with Gasteiger partial charge in [0.2, 0.25) is 0 Å². The number of rotatable bonds is 4. The lowest BCUT2D eigenvalue weighted by Crippen LogP contribution is -2.46. The third-order valence-corrected chi connectivity index (χ3v) is 4.51. The molecule has 4 heteroatoms. The Labute approximate surface area is 113 Å². The summed E-state index contributed by atoms with van der Waals surface area (Å²) in [6.45, 7) is 4.44. The Kier molecular flexibility index (Phi) is 4.21. The van der Waals surface area contributed by atoms with Gasteiger partial charge in [0.05, 0.1) is 0 Å². The second-order valence-corrected chi connectivity index (χ2v) is 6.18. The van der Waals surface area contributed by atoms with Crippen molar-refractivity contribution in [1.82, 2.24) is 5.43 Å². The van der Waals surface area contributed by atoms with E-state index < -0.39 is 11.6 Å². The van der Waals surface area contributed by atoms with Crippen molar-refractivity contribution in [3.8, 4) is 0 Å². The summed E-state index contributed by atoms with van der Waals surface area (Å²) in [5.74, 6) is 4.49. The molecule has 19 heavy (non-hydrogen) atoms. The van der Waals surface area contributed by atoms with Gasteiger partial charge < -0.3 is 0 Å². The van der Waals surface area contributed by atoms with E-state index in [1.54, 1.807) is 12.1 Å². The quantitative estimate of drug-likeness (QED) is 0.650. The van der Waals surface area contributed by atoms with Crippen LogP contribution in [0.4, 0.5) is 8.78 Å². The molecule has 2 unspecified atom stereocenters. The molecule has 0 aliphatic heterocycles. The highest BCUT2D eigenvalue weighted by molar-refractivity contribution is 5.20. The molecule has 0 aromatic heterocycles. The zero-order chi connectivity index (χ0) is 14.0. The molecule has 0 heterocycles. The van der Waals surface area contributed by atoms with Gasteiger partial charge in [0.1, 0.15) is 0 Å². The molecule has 3 N–H and O–H groups in total. The van der Waals surface area contributed by atoms with Gasteiger partial charge in [-0.25, -0.2) is 8.78 Å². The molecule has 0 saturated heterocycles. The molecule has 1 aliphatic carbocycles. The summed E-state index contributed by atoms with van der Waals surface area (Å²) >= 11 is 0. The molecule has 0 spiro atoms. The smallest absolute Gasteiger partial charge is 0.162 e. The van der Waals surface area contributed by atoms with Crippen LogP contribution in [-0.2, 0) is 6.42 Å². The van der Waals surface area contributed by atoms with Crippen molar-refractivity contribution in [2.45, 2.75) is 45.6 Å². The molecule has 1 fully saturated rings. The number of halogens is 2. The second kappa shape index (κ2) is 5.55. The molecule has 2 nitrogen and oxygen atoms in total. The first-order valence-corrected chi connectivity index (χ1v) is 6.84. The van der Waals surface area contributed by atoms with E-state index in [0.29, 0.717) is 17.9 Å². The number of nitrogens with two attached hydrogens (primary N) is 1. The molecule has 1 aromatic carbocycles. The Morgan fingerprint density at radius 1 is 1.42 bits per heavy atom. The van der Waals surface area contributed by atoms with Gasteiger partial charge in [-0.2, -0.15) is 0 Å². The Morgan fingerprint density at radius 3 is 2.74 bits per heavy atom. The van der Waals surface area contributed by atoms with Crippen molar-refractivity contribution in [1.29, 1.82) is 0 Å². The maximum Gasteiger partial charge on any atom is 0.162 e. The van der Waals surface area contributed by atoms with Gasteiger partial charge in [0.25, 0.3) is 0 Å². The first-order valence-electron chi connectivity index (χ1n) is 6.84. The van der Waals surface area contributed by atoms with Crippen molar-refractivity contribution in [3.05, 3.63) is 35.4 Å². The molecule has 2 rings (SSSR count). The summed E-state index contributed by atoms with van der Waals surface area (Å²) < 4.78 is 27.0. The van der Waals surface area contributed by atoms with Gasteiger partial charge in [0, 0.05) is 6.04 Å². The zero-order valence-corrected chi connectivity index (χ0v) is 11.5. The van der Waals surface area contributed by atoms with Crippen LogP contribution >= 0.6 is 0 Å². The normalized spacial score (nSPS) is 23.5. The summed E-state index contributed by atoms with van der Waals surface area (Å²) in [5, 5.41) is 0. The Balaban J connectivity index is 2.17. The molecule has 1 aliphatic rings. The van der Waals surface area contributed by atoms with E-state index in [1.807, 2.05) is 0 Å². The largest absolute Gasteiger partial charge is 0.271 e. The molecule has 0 amide bonds. The van der Waals surface area contributed by atoms with Gasteiger partial charge in [0.15, 0.2) is 11.6 Å². The molecule has 0 bridgehead atoms. The predicted octanol–water partition coefficient (Wildman–Crippen LogP) is 3.17. The molecule has 0 radical (unpaired) electrons. The maximum absolute atomic E-state index is 13.7. The van der Waals surface area contributed by atoms with Crippen LogP contribution < -0.4 is 11.3 Å². The fraction of sp³-hybridized carbons (Fsp3) is 0.600. The topological polar surface area (TPSA) is 38.0 Å². The molecular weight excluding hydrogens is 246 g/mol. The van der Waals surface area contributed by atoms with Crippen molar-refractivity contribution in [2.24, 2.45) is 17.2 Å². The summed E-state index contributed by atoms with van der Waals surface area (Å²) in [4.78, 5) is 0. The Hall–Kier alpha value is -1.00. The zero-order valence-electron chi connectivity index (χ0n) is 11.5. The van der Waals surface area contributed by atoms with Crippen molar-refractivity contribution in [2.75, 3.05) is 0 Å². The minimum atomic E-state index is -0.793. The summed E-state index contributed by atoms with van der Waals surface area (Å²) in [7, 11) is 0. The number of hydrogen-bond acceptors (Lipinski definition) is 2. The Morgan fingerprint density at radius 2 is 2.16 bits per heavy atom. The highest BCUT2D eigenvalue weighted by Gasteiger charge is 2.39. The van der Waals surface area contributed by atoms with Crippen LogP contribution in [0, 0.1) is 23.0 Å². The minimum absolute atomic E-state index is 0.0196. The van der Waals surface area contributed by atoms with E-state index in [4.69, 9.17) is 5.84 Å². The highest BCUT2D eigenvalue weighted by atomic mass is 19.2. The minimum Gasteiger partial charge on any atom is -0.271 e. The molecule has 1 saturated carbocycles. The first-order chi connectivity index (χ1) is 8.95. The van der Waals surface area contributed by atoms with Crippen LogP contribution in [0.3, 0.4) is 0 Å². The van der Waals surface area contributed by atoms with Crippen LogP contribution in [0.2, 0.25) is 0 Å². The van der Waals surface area contributed by atoms with Gasteiger partial charge in [-0.3, -0.25) is 11.3 Å². The van der Waals surface area contributed by atoms with Gasteiger partial charge >= 0.3 is 0 Å². The average Bonchev–Trinajstić information content (AvgIpc) is 2.71. The maximum atomic E-state index is 13.7. The van der Waals surface area contributed by atoms with Crippen LogP contribution in [0.5, 0.6) is 0 Å². The van der Waals surface area contributed by atoms with Gasteiger partial charge in [-0.05, 0) is 42.2 Å². The lowest BCUT2D eigenvalue weighted by Gasteiger charge is -2.34. The highest BCUT2D eigenvalue weighted by Crippen LogP contribution is 2.44. The van der Waals surface area contributed by atoms with E-state index in [-0.39, 0.29) is 11.5 Å². The van der Waals surface area contributed by atoms with Crippen molar-refractivity contribution in [3.63, 3.8) is 0 Å². The molecule has 2 atom stereocenters. The third-order valence-electron chi connectivity index (χ3n) is 4.51. The molecule has 106 valence electrons. The van der Waals surface area contributed by atoms with E-state index in [9.17, 15) is 8.78 Å². The van der Waals surface area contributed by atoms with E-state index in [2.05, 4.69) is 19.3 Å². The summed E-state index contributed by atoms with van der Waals surface area (Å²) in [6, 6.07) is 4.29. The standard InChI is InChI=1S/C15H22F2N2/c1-15(2)8-4-6-11(15)13(19-18)9-10-5-3-7-12(16)14(10)17/h3,5,7,11,13,19H,4,6,8-9,18H2,1-2H3. The van der Waals surface area contributed by atoms with E-state index in [1.165, 1.54) is 6.42 Å². The molecule has 1 aromatic rings. The molecular formula is C15H22F2N2. The fourth-order valence-corrected chi connectivity index (χ4v) is 3.36. The Bertz CT molecular complexity index is 446. The van der Waals surface area contributed by atoms with Crippen LogP contribution in [0.25, 0.3) is 0 Å². The van der Waals surface area contributed by atoms with Crippen molar-refractivity contribution < 1.29 is 8.78 Å². The predicted molar refractivity (Wildman–Crippen MR) is 72.3 cm³/mol. The van der Waals surface area contributed by atoms with Gasteiger partial charge in [-0.15, -0.1) is 0 Å². The van der Waals surface area contributed by atoms with Crippen LogP contribution in [0.1, 0.15) is 38.7 Å². The number of hydrogen-bond donors (Lipinski definition) is 2. The number of benzene rings is 1. The second-order valence-electron chi connectivity index (χ2n) is 6.18. The summed E-state index contributed by atoms with van der Waals surface area (Å²) in [5.41, 5.74) is 3.40. The summed E-state index contributed by atoms with van der Waals surface area (Å²) in [6.07, 6.45) is 3.83. The third kappa shape index (κ3) is 2.95. The fourth-order valence-electron chi connectivity index (χ4n) is 3.36. The van der Waals surface area contributed by atoms with E-state index >= 15 is 0 Å². The van der Waals surface area contributed by atoms with Crippen LogP contribution in [-0.4, -0.2) is 6.04 Å². The van der Waals surface area contributed by atoms with Gasteiger partial charge in [-0.1, -0.05) is 32.4 Å². The van der Waals surface area contributed by atoms with E-state index in [0.717, 1.165) is 18.9 Å². The number of nitrogens with one attached hydrogen (secondary N) is 1. The van der Waals surface area contributed by atoms with Crippen molar-refractivity contribution >= 4 is 0 Å². The van der Waals surface area contributed by atoms with Crippen LogP contribution in [0.15, 0.2) is 18.2 Å².